The van der Waals surface area contributed by atoms with Crippen molar-refractivity contribution in [3.8, 4) is 51.0 Å². The van der Waals surface area contributed by atoms with E-state index in [0.29, 0.717) is 22.9 Å². The van der Waals surface area contributed by atoms with E-state index in [2.05, 4.69) is 94.0 Å². The molecule has 0 aliphatic rings. The van der Waals surface area contributed by atoms with Gasteiger partial charge in [0.25, 0.3) is 0 Å². The third-order valence-electron chi connectivity index (χ3n) is 7.75. The Morgan fingerprint density at radius 3 is 2.20 bits per heavy atom. The summed E-state index contributed by atoms with van der Waals surface area (Å²) in [6.07, 6.45) is 5.31. The van der Waals surface area contributed by atoms with Crippen molar-refractivity contribution in [1.29, 1.82) is 0 Å². The van der Waals surface area contributed by atoms with Gasteiger partial charge in [-0.15, -0.1) is 23.8 Å². The number of hydrogen-bond acceptors (Lipinski definition) is 5. The second-order valence-electron chi connectivity index (χ2n) is 13.2. The Morgan fingerprint density at radius 2 is 1.47 bits per heavy atom. The molecule has 0 unspecified atom stereocenters. The number of rotatable bonds is 5. The molecule has 0 aliphatic carbocycles. The number of aromatic nitrogens is 3. The van der Waals surface area contributed by atoms with Crippen LogP contribution in [0.5, 0.6) is 17.4 Å². The number of fused-ring (bicyclic) bond motifs is 1. The molecule has 0 spiro atoms. The molecule has 0 bridgehead atoms. The van der Waals surface area contributed by atoms with Gasteiger partial charge in [-0.1, -0.05) is 90.1 Å². The van der Waals surface area contributed by atoms with Crippen LogP contribution in [0, 0.1) is 6.07 Å². The van der Waals surface area contributed by atoms with Crippen LogP contribution in [0.1, 0.15) is 52.7 Å². The number of phenols is 1. The van der Waals surface area contributed by atoms with Crippen LogP contribution in [0.2, 0.25) is 0 Å². The Labute approximate surface area is 279 Å². The van der Waals surface area contributed by atoms with E-state index >= 15 is 0 Å². The molecule has 45 heavy (non-hydrogen) atoms. The largest absolute Gasteiger partial charge is 0.507 e. The minimum atomic E-state index is -0.258. The zero-order valence-electron chi connectivity index (χ0n) is 26.3. The first-order chi connectivity index (χ1) is 21.0. The minimum Gasteiger partial charge on any atom is -0.507 e. The van der Waals surface area contributed by atoms with Gasteiger partial charge in [-0.25, -0.2) is 4.98 Å². The third-order valence-corrected chi connectivity index (χ3v) is 7.75. The van der Waals surface area contributed by atoms with Crippen molar-refractivity contribution in [3.63, 3.8) is 0 Å². The molecule has 0 saturated carbocycles. The maximum absolute atomic E-state index is 11.7. The van der Waals surface area contributed by atoms with Gasteiger partial charge in [0.2, 0.25) is 5.88 Å². The predicted octanol–water partition coefficient (Wildman–Crippen LogP) is 9.92. The molecule has 0 saturated heterocycles. The van der Waals surface area contributed by atoms with Crippen molar-refractivity contribution in [2.45, 2.75) is 52.4 Å². The summed E-state index contributed by atoms with van der Waals surface area (Å²) >= 11 is 0. The summed E-state index contributed by atoms with van der Waals surface area (Å²) in [5, 5.41) is 13.6. The second kappa shape index (κ2) is 12.6. The van der Waals surface area contributed by atoms with Crippen LogP contribution < -0.4 is 4.74 Å². The molecule has 5 nitrogen and oxygen atoms in total. The molecule has 0 amide bonds. The van der Waals surface area contributed by atoms with E-state index < -0.39 is 0 Å². The van der Waals surface area contributed by atoms with E-state index in [1.54, 1.807) is 18.6 Å². The Hall–Kier alpha value is -4.34. The topological polar surface area (TPSA) is 68.1 Å². The molecule has 0 fully saturated rings. The smallest absolute Gasteiger partial charge is 0.217 e. The van der Waals surface area contributed by atoms with Crippen LogP contribution >= 0.6 is 0 Å². The van der Waals surface area contributed by atoms with Crippen LogP contribution in [0.4, 0.5) is 0 Å². The first-order valence-electron chi connectivity index (χ1n) is 14.8. The average molecular weight is 774 g/mol. The summed E-state index contributed by atoms with van der Waals surface area (Å²) in [5.74, 6) is 1.25. The number of aromatic hydroxyl groups is 1. The standard InChI is InChI=1S/C39H36N3O2.Pt/c1-38(2,3)30-21-32(37(43)33(22-30)39(4,5)6)35-19-28(25-11-8-7-9-12-25)18-34(42-35)26-13-10-14-31(17-26)44-36-20-29-23-40-16-15-27(29)24-41-36;/h7-16,18-24,43H,1-6H3;/q-1;. The summed E-state index contributed by atoms with van der Waals surface area (Å²) in [5.41, 5.74) is 6.61. The molecule has 6 aromatic rings. The van der Waals surface area contributed by atoms with Crippen LogP contribution in [-0.4, -0.2) is 20.1 Å². The molecule has 6 rings (SSSR count). The van der Waals surface area contributed by atoms with E-state index in [-0.39, 0.29) is 37.6 Å². The Bertz CT molecular complexity index is 1980. The molecule has 0 radical (unpaired) electrons. The van der Waals surface area contributed by atoms with Crippen molar-refractivity contribution in [2.24, 2.45) is 0 Å². The maximum Gasteiger partial charge on any atom is 0.217 e. The van der Waals surface area contributed by atoms with E-state index in [0.717, 1.165) is 44.3 Å². The average Bonchev–Trinajstić information content (AvgIpc) is 3.00. The predicted molar refractivity (Wildman–Crippen MR) is 178 cm³/mol. The molecular formula is C39H36N3O2Pt-. The minimum absolute atomic E-state index is 0. The van der Waals surface area contributed by atoms with Gasteiger partial charge in [0.05, 0.1) is 5.69 Å². The van der Waals surface area contributed by atoms with Crippen molar-refractivity contribution in [3.05, 3.63) is 121 Å². The molecule has 3 aromatic carbocycles. The van der Waals surface area contributed by atoms with Gasteiger partial charge >= 0.3 is 0 Å². The molecular weight excluding hydrogens is 738 g/mol. The van der Waals surface area contributed by atoms with Crippen LogP contribution in [0.3, 0.4) is 0 Å². The van der Waals surface area contributed by atoms with E-state index in [1.165, 1.54) is 0 Å². The van der Waals surface area contributed by atoms with Crippen LogP contribution in [0.25, 0.3) is 44.4 Å². The van der Waals surface area contributed by atoms with E-state index in [1.807, 2.05) is 48.5 Å². The Kier molecular flexibility index (Phi) is 8.96. The van der Waals surface area contributed by atoms with Crippen LogP contribution in [0.15, 0.2) is 104 Å². The zero-order valence-corrected chi connectivity index (χ0v) is 28.6. The Morgan fingerprint density at radius 1 is 0.711 bits per heavy atom. The van der Waals surface area contributed by atoms with E-state index in [4.69, 9.17) is 9.72 Å². The molecule has 3 heterocycles. The fraction of sp³-hybridized carbons (Fsp3) is 0.205. The second-order valence-corrected chi connectivity index (χ2v) is 13.2. The van der Waals surface area contributed by atoms with Crippen LogP contribution in [-0.2, 0) is 31.9 Å². The van der Waals surface area contributed by atoms with Gasteiger partial charge in [-0.2, -0.15) is 0 Å². The van der Waals surface area contributed by atoms with Crippen molar-refractivity contribution < 1.29 is 30.9 Å². The van der Waals surface area contributed by atoms with Gasteiger partial charge in [0.1, 0.15) is 5.75 Å². The number of phenolic OH excluding ortho intramolecular Hbond substituents is 1. The molecule has 230 valence electrons. The summed E-state index contributed by atoms with van der Waals surface area (Å²) in [6, 6.07) is 31.5. The van der Waals surface area contributed by atoms with Gasteiger partial charge in [-0.05, 0) is 51.4 Å². The zero-order chi connectivity index (χ0) is 31.1. The number of pyridine rings is 3. The van der Waals surface area contributed by atoms with Crippen molar-refractivity contribution in [2.75, 3.05) is 0 Å². The fourth-order valence-electron chi connectivity index (χ4n) is 5.22. The summed E-state index contributed by atoms with van der Waals surface area (Å²) < 4.78 is 6.14. The first kappa shape index (κ1) is 32.1. The maximum atomic E-state index is 11.7. The SMILES string of the molecule is CC(C)(C)c1cc(-c2cc(-c3ccccc3)cc(-c3[c-]c(Oc4cc5cnccc5cn4)ccc3)n2)c(O)c(C(C)(C)C)c1.[Pt]. The number of ether oxygens (including phenoxy) is 1. The first-order valence-corrected chi connectivity index (χ1v) is 14.8. The number of benzene rings is 3. The van der Waals surface area contributed by atoms with E-state index in [9.17, 15) is 5.11 Å². The van der Waals surface area contributed by atoms with Gasteiger partial charge in [0, 0.05) is 73.4 Å². The van der Waals surface area contributed by atoms with Crippen molar-refractivity contribution in [1.82, 2.24) is 15.0 Å². The fourth-order valence-corrected chi connectivity index (χ4v) is 5.22. The normalized spacial score (nSPS) is 11.7. The number of hydrogen-bond donors (Lipinski definition) is 1. The third kappa shape index (κ3) is 7.00. The molecule has 3 aromatic heterocycles. The molecule has 0 aliphatic heterocycles. The van der Waals surface area contributed by atoms with Gasteiger partial charge < -0.3 is 9.84 Å². The summed E-state index contributed by atoms with van der Waals surface area (Å²) in [4.78, 5) is 13.8. The number of nitrogens with zero attached hydrogens (tertiary/aromatic N) is 3. The van der Waals surface area contributed by atoms with Gasteiger partial charge in [-0.3, -0.25) is 9.97 Å². The quantitative estimate of drug-likeness (QED) is 0.177. The monoisotopic (exact) mass is 773 g/mol. The Balaban J connectivity index is 0.00000400. The summed E-state index contributed by atoms with van der Waals surface area (Å²) in [6.45, 7) is 12.9. The summed E-state index contributed by atoms with van der Waals surface area (Å²) in [7, 11) is 0. The molecule has 6 heteroatoms. The molecule has 0 atom stereocenters. The van der Waals surface area contributed by atoms with Gasteiger partial charge in [0.15, 0.2) is 0 Å². The van der Waals surface area contributed by atoms with Crippen molar-refractivity contribution >= 4 is 10.8 Å². The molecule has 1 N–H and O–H groups in total.